The Labute approximate surface area is 341 Å². The van der Waals surface area contributed by atoms with E-state index in [1.807, 2.05) is 11.3 Å². The van der Waals surface area contributed by atoms with Crippen molar-refractivity contribution in [2.75, 3.05) is 9.80 Å². The molecular weight excluding hydrogens is 723 g/mol. The topological polar surface area (TPSA) is 11.4 Å². The van der Waals surface area contributed by atoms with E-state index in [1.54, 1.807) is 0 Å². The molecule has 0 unspecified atom stereocenters. The van der Waals surface area contributed by atoms with Gasteiger partial charge in [-0.2, -0.15) is 0 Å². The summed E-state index contributed by atoms with van der Waals surface area (Å²) in [5.74, 6) is 0. The zero-order valence-electron chi connectivity index (χ0n) is 31.6. The van der Waals surface area contributed by atoms with Crippen molar-refractivity contribution in [3.63, 3.8) is 0 Å². The molecule has 58 heavy (non-hydrogen) atoms. The number of hydrogen-bond acceptors (Lipinski definition) is 3. The number of para-hydroxylation sites is 4. The van der Waals surface area contributed by atoms with E-state index in [9.17, 15) is 0 Å². The van der Waals surface area contributed by atoms with Gasteiger partial charge in [0.05, 0.1) is 21.4 Å². The lowest BCUT2D eigenvalue weighted by Gasteiger charge is -2.26. The van der Waals surface area contributed by atoms with Crippen molar-refractivity contribution in [1.82, 2.24) is 4.57 Å². The maximum Gasteiger partial charge on any atom is 0.0640 e. The summed E-state index contributed by atoms with van der Waals surface area (Å²) in [6.07, 6.45) is 0. The van der Waals surface area contributed by atoms with E-state index in [0.29, 0.717) is 0 Å². The van der Waals surface area contributed by atoms with Gasteiger partial charge in [0.15, 0.2) is 0 Å². The zero-order chi connectivity index (χ0) is 38.4. The van der Waals surface area contributed by atoms with Crippen molar-refractivity contribution in [2.45, 2.75) is 0 Å². The molecule has 9 aromatic carbocycles. The number of nitrogens with zero attached hydrogens (tertiary/aromatic N) is 3. The van der Waals surface area contributed by atoms with Gasteiger partial charge >= 0.3 is 0 Å². The summed E-state index contributed by atoms with van der Waals surface area (Å²) in [5.41, 5.74) is 12.7. The van der Waals surface area contributed by atoms with Gasteiger partial charge in [0.2, 0.25) is 0 Å². The van der Waals surface area contributed by atoms with Gasteiger partial charge in [-0.3, -0.25) is 0 Å². The smallest absolute Gasteiger partial charge is 0.0640 e. The fraction of sp³-hybridized carbons (Fsp3) is 0. The van der Waals surface area contributed by atoms with Crippen molar-refractivity contribution >= 4 is 87.4 Å². The predicted octanol–water partition coefficient (Wildman–Crippen LogP) is 15.8. The summed E-state index contributed by atoms with van der Waals surface area (Å²) in [6, 6.07) is 81.0. The largest absolute Gasteiger partial charge is 0.310 e. The number of rotatable bonds is 8. The first-order valence-electron chi connectivity index (χ1n) is 19.7. The minimum absolute atomic E-state index is 1.11. The minimum atomic E-state index is 1.11. The van der Waals surface area contributed by atoms with E-state index in [4.69, 9.17) is 0 Å². The van der Waals surface area contributed by atoms with Crippen molar-refractivity contribution in [1.29, 1.82) is 0 Å². The molecule has 274 valence electrons. The van der Waals surface area contributed by atoms with Gasteiger partial charge in [-0.1, -0.05) is 140 Å². The highest BCUT2D eigenvalue weighted by Gasteiger charge is 2.21. The minimum Gasteiger partial charge on any atom is -0.310 e. The predicted molar refractivity (Wildman–Crippen MR) is 248 cm³/mol. The number of thiophene rings is 1. The molecule has 0 spiro atoms. The van der Waals surface area contributed by atoms with Crippen LogP contribution in [0.25, 0.3) is 58.8 Å². The second-order valence-electron chi connectivity index (χ2n) is 14.6. The maximum absolute atomic E-state index is 2.39. The molecule has 0 aliphatic heterocycles. The Kier molecular flexibility index (Phi) is 8.34. The van der Waals surface area contributed by atoms with Crippen LogP contribution in [-0.2, 0) is 0 Å². The quantitative estimate of drug-likeness (QED) is 0.153. The summed E-state index contributed by atoms with van der Waals surface area (Å²) in [6.45, 7) is 0. The molecule has 0 saturated heterocycles. The fourth-order valence-corrected chi connectivity index (χ4v) is 9.74. The molecule has 4 heteroatoms. The SMILES string of the molecule is c1ccc(-c2ccc(N(c3ccccc3)c3cccc4c3sc3cc(N(c5ccccc5)c5ccc6c7ccccc7n(-c7ccccc7)c6c5)ccc34)cc2)cc1. The van der Waals surface area contributed by atoms with Gasteiger partial charge in [0.1, 0.15) is 0 Å². The second kappa shape index (κ2) is 14.3. The monoisotopic (exact) mass is 759 g/mol. The average molecular weight is 760 g/mol. The fourth-order valence-electron chi connectivity index (χ4n) is 8.50. The van der Waals surface area contributed by atoms with Crippen LogP contribution in [-0.4, -0.2) is 4.57 Å². The normalized spacial score (nSPS) is 11.4. The van der Waals surface area contributed by atoms with E-state index in [2.05, 4.69) is 239 Å². The van der Waals surface area contributed by atoms with Crippen LogP contribution in [0, 0.1) is 0 Å². The third-order valence-electron chi connectivity index (χ3n) is 11.2. The first-order valence-corrected chi connectivity index (χ1v) is 20.5. The molecule has 11 aromatic rings. The standard InChI is InChI=1S/C54H37N3S/c1-5-16-38(17-6-1)39-28-30-43(31-29-39)56(41-20-9-3-10-21-41)51-27-15-25-49-48-35-33-45(37-53(48)58-54(49)51)55(40-18-7-2-8-19-40)44-32-34-47-46-24-13-14-26-50(46)57(52(47)36-44)42-22-11-4-12-23-42/h1-37H. The van der Waals surface area contributed by atoms with Crippen LogP contribution in [0.2, 0.25) is 0 Å². The Morgan fingerprint density at radius 3 is 1.57 bits per heavy atom. The number of anilines is 6. The summed E-state index contributed by atoms with van der Waals surface area (Å²) in [4.78, 5) is 4.78. The molecule has 0 bridgehead atoms. The van der Waals surface area contributed by atoms with Gasteiger partial charge in [-0.05, 0) is 96.1 Å². The molecule has 0 fully saturated rings. The van der Waals surface area contributed by atoms with Gasteiger partial charge < -0.3 is 14.4 Å². The summed E-state index contributed by atoms with van der Waals surface area (Å²) < 4.78 is 4.89. The molecule has 0 radical (unpaired) electrons. The first kappa shape index (κ1) is 33.9. The van der Waals surface area contributed by atoms with Crippen LogP contribution in [0.4, 0.5) is 34.1 Å². The Bertz CT molecular complexity index is 3210. The van der Waals surface area contributed by atoms with Crippen LogP contribution < -0.4 is 9.80 Å². The number of benzene rings is 9. The van der Waals surface area contributed by atoms with Gasteiger partial charge in [-0.15, -0.1) is 11.3 Å². The number of hydrogen-bond donors (Lipinski definition) is 0. The third kappa shape index (κ3) is 5.82. The van der Waals surface area contributed by atoms with E-state index in [-0.39, 0.29) is 0 Å². The van der Waals surface area contributed by atoms with Gasteiger partial charge in [0, 0.05) is 60.4 Å². The first-order chi connectivity index (χ1) is 28.8. The van der Waals surface area contributed by atoms with Crippen LogP contribution in [0.1, 0.15) is 0 Å². The molecule has 0 aliphatic carbocycles. The molecule has 2 aromatic heterocycles. The highest BCUT2D eigenvalue weighted by molar-refractivity contribution is 7.26. The molecule has 0 aliphatic rings. The van der Waals surface area contributed by atoms with Gasteiger partial charge in [-0.25, -0.2) is 0 Å². The summed E-state index contributed by atoms with van der Waals surface area (Å²) >= 11 is 1.86. The van der Waals surface area contributed by atoms with Crippen LogP contribution in [0.3, 0.4) is 0 Å². The Balaban J connectivity index is 1.06. The summed E-state index contributed by atoms with van der Waals surface area (Å²) in [5, 5.41) is 5.00. The Morgan fingerprint density at radius 2 is 0.845 bits per heavy atom. The zero-order valence-corrected chi connectivity index (χ0v) is 32.4. The van der Waals surface area contributed by atoms with E-state index < -0.39 is 0 Å². The Morgan fingerprint density at radius 1 is 0.328 bits per heavy atom. The number of fused-ring (bicyclic) bond motifs is 6. The lowest BCUT2D eigenvalue weighted by atomic mass is 10.0. The van der Waals surface area contributed by atoms with Gasteiger partial charge in [0.25, 0.3) is 0 Å². The maximum atomic E-state index is 2.39. The van der Waals surface area contributed by atoms with Crippen LogP contribution in [0.5, 0.6) is 0 Å². The van der Waals surface area contributed by atoms with E-state index >= 15 is 0 Å². The van der Waals surface area contributed by atoms with E-state index in [0.717, 1.165) is 39.8 Å². The highest BCUT2D eigenvalue weighted by atomic mass is 32.1. The lowest BCUT2D eigenvalue weighted by molar-refractivity contribution is 1.18. The Hall–Kier alpha value is -7.40. The van der Waals surface area contributed by atoms with Crippen molar-refractivity contribution in [3.05, 3.63) is 224 Å². The van der Waals surface area contributed by atoms with Crippen LogP contribution >= 0.6 is 11.3 Å². The third-order valence-corrected chi connectivity index (χ3v) is 12.3. The molecule has 0 atom stereocenters. The molecule has 3 nitrogen and oxygen atoms in total. The lowest BCUT2D eigenvalue weighted by Crippen LogP contribution is -2.09. The molecule has 0 N–H and O–H groups in total. The molecule has 0 amide bonds. The average Bonchev–Trinajstić information content (AvgIpc) is 3.84. The molecule has 11 rings (SSSR count). The molecule has 0 saturated carbocycles. The van der Waals surface area contributed by atoms with Crippen molar-refractivity contribution < 1.29 is 0 Å². The van der Waals surface area contributed by atoms with E-state index in [1.165, 1.54) is 53.1 Å². The highest BCUT2D eigenvalue weighted by Crippen LogP contribution is 2.47. The van der Waals surface area contributed by atoms with Crippen molar-refractivity contribution in [3.8, 4) is 16.8 Å². The number of aromatic nitrogens is 1. The summed E-state index contributed by atoms with van der Waals surface area (Å²) in [7, 11) is 0. The second-order valence-corrected chi connectivity index (χ2v) is 15.6. The van der Waals surface area contributed by atoms with Crippen molar-refractivity contribution in [2.24, 2.45) is 0 Å². The molecule has 2 heterocycles. The molecular formula is C54H37N3S. The van der Waals surface area contributed by atoms with Crippen LogP contribution in [0.15, 0.2) is 224 Å².